The molecule has 0 radical (unpaired) electrons. The molecule has 0 aromatic carbocycles. The van der Waals surface area contributed by atoms with Gasteiger partial charge in [-0.25, -0.2) is 9.50 Å². The molecule has 3 aromatic rings. The van der Waals surface area contributed by atoms with Gasteiger partial charge in [0.1, 0.15) is 6.10 Å². The topological polar surface area (TPSA) is 92.8 Å². The smallest absolute Gasteiger partial charge is 0.226 e. The highest BCUT2D eigenvalue weighted by Crippen LogP contribution is 2.31. The summed E-state index contributed by atoms with van der Waals surface area (Å²) < 4.78 is 7.59. The first-order chi connectivity index (χ1) is 13.7. The molecule has 2 fully saturated rings. The van der Waals surface area contributed by atoms with Gasteiger partial charge in [0.2, 0.25) is 5.91 Å². The Morgan fingerprint density at radius 1 is 1.21 bits per heavy atom. The fourth-order valence-electron chi connectivity index (χ4n) is 3.79. The van der Waals surface area contributed by atoms with E-state index in [1.807, 2.05) is 41.6 Å². The molecule has 1 aliphatic carbocycles. The van der Waals surface area contributed by atoms with Crippen LogP contribution in [0.4, 0.5) is 0 Å². The Balaban J connectivity index is 1.36. The van der Waals surface area contributed by atoms with E-state index in [1.165, 1.54) is 0 Å². The van der Waals surface area contributed by atoms with Gasteiger partial charge in [0.15, 0.2) is 11.5 Å². The quantitative estimate of drug-likeness (QED) is 0.741. The van der Waals surface area contributed by atoms with E-state index >= 15 is 0 Å². The van der Waals surface area contributed by atoms with Crippen LogP contribution in [0.3, 0.4) is 0 Å². The summed E-state index contributed by atoms with van der Waals surface area (Å²) in [5, 5.41) is 14.0. The molecule has 0 spiro atoms. The van der Waals surface area contributed by atoms with Gasteiger partial charge >= 0.3 is 0 Å². The highest BCUT2D eigenvalue weighted by molar-refractivity contribution is 5.80. The van der Waals surface area contributed by atoms with E-state index in [0.29, 0.717) is 38.4 Å². The summed E-state index contributed by atoms with van der Waals surface area (Å²) in [6, 6.07) is 7.80. The highest BCUT2D eigenvalue weighted by Gasteiger charge is 2.38. The lowest BCUT2D eigenvalue weighted by molar-refractivity contribution is -0.150. The summed E-state index contributed by atoms with van der Waals surface area (Å²) in [5.74, 6) is 0.612. The van der Waals surface area contributed by atoms with Crippen LogP contribution in [0.2, 0.25) is 0 Å². The fourth-order valence-corrected chi connectivity index (χ4v) is 3.79. The lowest BCUT2D eigenvalue weighted by atomic mass is 9.81. The molecule has 144 valence electrons. The van der Waals surface area contributed by atoms with E-state index in [-0.39, 0.29) is 24.0 Å². The van der Waals surface area contributed by atoms with E-state index in [2.05, 4.69) is 15.1 Å². The van der Waals surface area contributed by atoms with Gasteiger partial charge in [-0.05, 0) is 31.0 Å². The number of rotatable bonds is 3. The van der Waals surface area contributed by atoms with Gasteiger partial charge in [0, 0.05) is 42.2 Å². The number of pyridine rings is 2. The first-order valence-corrected chi connectivity index (χ1v) is 9.52. The van der Waals surface area contributed by atoms with Gasteiger partial charge in [-0.15, -0.1) is 5.10 Å². The van der Waals surface area contributed by atoms with Crippen LogP contribution in [0.1, 0.15) is 24.8 Å². The first kappa shape index (κ1) is 17.3. The van der Waals surface area contributed by atoms with Crippen molar-refractivity contribution in [3.05, 3.63) is 48.7 Å². The van der Waals surface area contributed by atoms with E-state index in [4.69, 9.17) is 4.74 Å². The lowest BCUT2D eigenvalue weighted by Gasteiger charge is -2.38. The summed E-state index contributed by atoms with van der Waals surface area (Å²) in [6.45, 7) is 1.47. The fraction of sp³-hybridized carbons (Fsp3) is 0.400. The molecular formula is C20H21N5O3. The van der Waals surface area contributed by atoms with Crippen molar-refractivity contribution in [1.29, 1.82) is 0 Å². The normalized spacial score (nSPS) is 24.9. The number of aliphatic hydroxyl groups excluding tert-OH is 1. The Bertz CT molecular complexity index is 1000. The van der Waals surface area contributed by atoms with Crippen molar-refractivity contribution in [1.82, 2.24) is 24.5 Å². The highest BCUT2D eigenvalue weighted by atomic mass is 16.5. The number of fused-ring (bicyclic) bond motifs is 1. The van der Waals surface area contributed by atoms with Gasteiger partial charge in [0.25, 0.3) is 0 Å². The molecule has 1 saturated carbocycles. The zero-order chi connectivity index (χ0) is 19.1. The van der Waals surface area contributed by atoms with E-state index < -0.39 is 0 Å². The Hall–Kier alpha value is -2.84. The molecule has 8 heteroatoms. The average Bonchev–Trinajstić information content (AvgIpc) is 3.15. The number of hydrogen-bond acceptors (Lipinski definition) is 6. The number of morpholine rings is 1. The minimum atomic E-state index is -0.343. The van der Waals surface area contributed by atoms with Crippen molar-refractivity contribution >= 4 is 11.6 Å². The second-order valence-corrected chi connectivity index (χ2v) is 7.40. The Morgan fingerprint density at radius 2 is 2.11 bits per heavy atom. The van der Waals surface area contributed by atoms with Crippen LogP contribution < -0.4 is 0 Å². The molecule has 1 aliphatic heterocycles. The minimum Gasteiger partial charge on any atom is -0.393 e. The van der Waals surface area contributed by atoms with Crippen LogP contribution in [0, 0.1) is 5.92 Å². The molecule has 28 heavy (non-hydrogen) atoms. The number of nitrogens with zero attached hydrogens (tertiary/aromatic N) is 5. The third-order valence-electron chi connectivity index (χ3n) is 5.47. The van der Waals surface area contributed by atoms with Gasteiger partial charge < -0.3 is 14.7 Å². The predicted octanol–water partition coefficient (Wildman–Crippen LogP) is 1.46. The number of carbonyl (C=O) groups is 1. The van der Waals surface area contributed by atoms with Crippen molar-refractivity contribution in [2.75, 3.05) is 19.7 Å². The second kappa shape index (κ2) is 6.96. The molecule has 8 nitrogen and oxygen atoms in total. The van der Waals surface area contributed by atoms with Crippen LogP contribution in [0.25, 0.3) is 16.8 Å². The Morgan fingerprint density at radius 3 is 2.89 bits per heavy atom. The maximum Gasteiger partial charge on any atom is 0.226 e. The van der Waals surface area contributed by atoms with Crippen LogP contribution in [0.5, 0.6) is 0 Å². The van der Waals surface area contributed by atoms with E-state index in [0.717, 1.165) is 16.8 Å². The molecule has 1 N–H and O–H groups in total. The zero-order valence-electron chi connectivity index (χ0n) is 15.3. The number of ether oxygens (including phenoxy) is 1. The molecule has 1 saturated heterocycles. The molecule has 1 atom stereocenters. The van der Waals surface area contributed by atoms with Crippen LogP contribution >= 0.6 is 0 Å². The van der Waals surface area contributed by atoms with Gasteiger partial charge in [-0.3, -0.25) is 9.78 Å². The monoisotopic (exact) mass is 379 g/mol. The van der Waals surface area contributed by atoms with Crippen molar-refractivity contribution < 1.29 is 14.6 Å². The number of amides is 1. The molecule has 1 amide bonds. The largest absolute Gasteiger partial charge is 0.393 e. The molecule has 2 aliphatic rings. The van der Waals surface area contributed by atoms with Crippen molar-refractivity contribution in [3.63, 3.8) is 0 Å². The van der Waals surface area contributed by atoms with Crippen LogP contribution in [0.15, 0.2) is 42.9 Å². The first-order valence-electron chi connectivity index (χ1n) is 9.52. The van der Waals surface area contributed by atoms with Crippen LogP contribution in [-0.4, -0.2) is 61.3 Å². The summed E-state index contributed by atoms with van der Waals surface area (Å²) in [4.78, 5) is 23.1. The molecular weight excluding hydrogens is 358 g/mol. The SMILES string of the molecule is O=C(C1CC(O)C1)N1CCOC(c2nc3ccc(-c4cccnc4)cn3n2)C1. The van der Waals surface area contributed by atoms with E-state index in [1.54, 1.807) is 10.7 Å². The number of carbonyl (C=O) groups excluding carboxylic acids is 1. The van der Waals surface area contributed by atoms with Gasteiger partial charge in [0.05, 0.1) is 19.3 Å². The molecule has 3 aromatic heterocycles. The average molecular weight is 379 g/mol. The summed E-state index contributed by atoms with van der Waals surface area (Å²) >= 11 is 0. The van der Waals surface area contributed by atoms with Crippen molar-refractivity contribution in [3.8, 4) is 11.1 Å². The maximum absolute atomic E-state index is 12.6. The van der Waals surface area contributed by atoms with Crippen LogP contribution in [-0.2, 0) is 9.53 Å². The van der Waals surface area contributed by atoms with Crippen molar-refractivity contribution in [2.24, 2.45) is 5.92 Å². The molecule has 0 bridgehead atoms. The third kappa shape index (κ3) is 3.14. The standard InChI is InChI=1S/C20H21N5O3/c26-16-8-15(9-16)20(27)24-6-7-28-17(12-24)19-22-18-4-3-14(11-25(18)23-19)13-2-1-5-21-10-13/h1-5,10-11,15-17,26H,6-9,12H2. The minimum absolute atomic E-state index is 0.0650. The molecule has 1 unspecified atom stereocenters. The zero-order valence-corrected chi connectivity index (χ0v) is 15.3. The Labute approximate surface area is 161 Å². The molecule has 5 rings (SSSR count). The third-order valence-corrected chi connectivity index (χ3v) is 5.47. The predicted molar refractivity (Wildman–Crippen MR) is 100 cm³/mol. The van der Waals surface area contributed by atoms with Crippen molar-refractivity contribution in [2.45, 2.75) is 25.0 Å². The second-order valence-electron chi connectivity index (χ2n) is 7.40. The Kier molecular flexibility index (Phi) is 4.29. The summed E-state index contributed by atoms with van der Waals surface area (Å²) in [6.07, 6.45) is 5.92. The number of aromatic nitrogens is 4. The number of aliphatic hydroxyl groups is 1. The summed E-state index contributed by atoms with van der Waals surface area (Å²) in [7, 11) is 0. The number of hydrogen-bond donors (Lipinski definition) is 1. The van der Waals surface area contributed by atoms with Gasteiger partial charge in [-0.2, -0.15) is 0 Å². The molecule has 4 heterocycles. The van der Waals surface area contributed by atoms with Gasteiger partial charge in [-0.1, -0.05) is 6.07 Å². The summed E-state index contributed by atoms with van der Waals surface area (Å²) in [5.41, 5.74) is 2.74. The lowest BCUT2D eigenvalue weighted by Crippen LogP contribution is -2.48. The maximum atomic E-state index is 12.6. The van der Waals surface area contributed by atoms with E-state index in [9.17, 15) is 9.90 Å².